The molecule has 0 aromatic carbocycles. The molecule has 0 aromatic heterocycles. The third kappa shape index (κ3) is 1760. The number of hydrogen-bond acceptors (Lipinski definition) is 2. The van der Waals surface area contributed by atoms with Crippen LogP contribution >= 0.6 is 0 Å². The molecule has 0 bridgehead atoms. The summed E-state index contributed by atoms with van der Waals surface area (Å²) < 4.78 is 45.3. The SMILES string of the molecule is [2H][13C]([2H])([2H])S(=O)(=O)O. The largest absolute Gasteiger partial charge is 0.286 e. The van der Waals surface area contributed by atoms with Gasteiger partial charge in [0.05, 0.1) is 6.18 Å². The first-order chi connectivity index (χ1) is 3.25. The van der Waals surface area contributed by atoms with Crippen LogP contribution in [0.4, 0.5) is 0 Å². The Morgan fingerprint density at radius 2 is 2.20 bits per heavy atom. The van der Waals surface area contributed by atoms with E-state index in [-0.39, 0.29) is 0 Å². The van der Waals surface area contributed by atoms with Crippen molar-refractivity contribution in [3.8, 4) is 0 Å². The van der Waals surface area contributed by atoms with Crippen LogP contribution in [-0.4, -0.2) is 19.2 Å². The third-order valence-corrected chi connectivity index (χ3v) is 0. The molecular formula is CH4O3S. The maximum absolute atomic E-state index is 9.65. The van der Waals surface area contributed by atoms with E-state index >= 15 is 0 Å². The van der Waals surface area contributed by atoms with Gasteiger partial charge >= 0.3 is 0 Å². The first-order valence-corrected chi connectivity index (χ1v) is 2.16. The Labute approximate surface area is 34.6 Å². The highest BCUT2D eigenvalue weighted by Crippen LogP contribution is 1.60. The standard InChI is InChI=1S/CH4O3S/c1-5(2,3)4/h1H3,(H,2,3,4)/i1+1D3. The minimum absolute atomic E-state index is 3.28. The zero-order chi connectivity index (χ0) is 7.00. The van der Waals surface area contributed by atoms with E-state index in [9.17, 15) is 8.42 Å². The molecule has 0 aliphatic rings. The van der Waals surface area contributed by atoms with Gasteiger partial charge < -0.3 is 0 Å². The summed E-state index contributed by atoms with van der Waals surface area (Å²) in [6.07, 6.45) is -3.28. The Morgan fingerprint density at radius 1 is 2.00 bits per heavy atom. The van der Waals surface area contributed by atoms with Crippen molar-refractivity contribution in [3.05, 3.63) is 0 Å². The molecule has 0 rings (SSSR count). The average molecular weight is 100 g/mol. The molecule has 0 heterocycles. The predicted octanol–water partition coefficient (Wildman–Crippen LogP) is -0.496. The maximum atomic E-state index is 9.65. The fourth-order valence-electron chi connectivity index (χ4n) is 0. The molecule has 0 saturated heterocycles. The summed E-state index contributed by atoms with van der Waals surface area (Å²) in [6.45, 7) is 0. The summed E-state index contributed by atoms with van der Waals surface area (Å²) >= 11 is 0. The van der Waals surface area contributed by atoms with Crippen LogP contribution in [0.3, 0.4) is 0 Å². The fraction of sp³-hybridized carbons (Fsp3) is 1.00. The molecule has 0 aliphatic carbocycles. The summed E-state index contributed by atoms with van der Waals surface area (Å²) in [4.78, 5) is 0. The smallest absolute Gasteiger partial charge is 0.261 e. The Bertz CT molecular complexity index is 163. The predicted molar refractivity (Wildman–Crippen MR) is 17.5 cm³/mol. The van der Waals surface area contributed by atoms with Gasteiger partial charge in [0, 0.05) is 4.11 Å². The topological polar surface area (TPSA) is 54.4 Å². The van der Waals surface area contributed by atoms with Gasteiger partial charge in [0.1, 0.15) is 0 Å². The molecule has 0 spiro atoms. The van der Waals surface area contributed by atoms with Crippen molar-refractivity contribution in [2.45, 2.75) is 0 Å². The van der Waals surface area contributed by atoms with Gasteiger partial charge in [0.15, 0.2) is 0 Å². The molecule has 4 heteroatoms. The van der Waals surface area contributed by atoms with E-state index in [1.54, 1.807) is 0 Å². The van der Waals surface area contributed by atoms with E-state index in [1.807, 2.05) is 0 Å². The molecule has 0 radical (unpaired) electrons. The fourth-order valence-corrected chi connectivity index (χ4v) is 0. The second-order valence-electron chi connectivity index (χ2n) is 0.475. The highest BCUT2D eigenvalue weighted by molar-refractivity contribution is 7.85. The molecule has 32 valence electrons. The normalized spacial score (nSPS) is 23.0. The van der Waals surface area contributed by atoms with Crippen LogP contribution < -0.4 is 0 Å². The van der Waals surface area contributed by atoms with Gasteiger partial charge in [0.25, 0.3) is 10.1 Å². The van der Waals surface area contributed by atoms with Crippen LogP contribution in [0.2, 0.25) is 0 Å². The van der Waals surface area contributed by atoms with Crippen molar-refractivity contribution < 1.29 is 17.1 Å². The van der Waals surface area contributed by atoms with Crippen LogP contribution in [0.5, 0.6) is 0 Å². The third-order valence-electron chi connectivity index (χ3n) is 0. The molecule has 0 aliphatic heterocycles. The van der Waals surface area contributed by atoms with Gasteiger partial charge in [-0.1, -0.05) is 0 Å². The van der Waals surface area contributed by atoms with Gasteiger partial charge in [-0.15, -0.1) is 0 Å². The molecule has 0 atom stereocenters. The Kier molecular flexibility index (Phi) is 0.298. The average Bonchev–Trinajstić information content (AvgIpc) is 1.25. The van der Waals surface area contributed by atoms with Gasteiger partial charge in [-0.2, -0.15) is 8.42 Å². The van der Waals surface area contributed by atoms with Crippen molar-refractivity contribution in [2.75, 3.05) is 6.18 Å². The van der Waals surface area contributed by atoms with E-state index in [0.717, 1.165) is 0 Å². The second-order valence-corrected chi connectivity index (χ2v) is 1.43. The van der Waals surface area contributed by atoms with Crippen LogP contribution in [0.15, 0.2) is 0 Å². The molecule has 0 saturated carbocycles. The van der Waals surface area contributed by atoms with Gasteiger partial charge in [0.2, 0.25) is 0 Å². The lowest BCUT2D eigenvalue weighted by molar-refractivity contribution is 0.490. The molecule has 0 unspecified atom stereocenters. The lowest BCUT2D eigenvalue weighted by Crippen LogP contribution is -1.88. The summed E-state index contributed by atoms with van der Waals surface area (Å²) in [7, 11) is -4.84. The number of rotatable bonds is 0. The van der Waals surface area contributed by atoms with Gasteiger partial charge in [-0.3, -0.25) is 4.55 Å². The van der Waals surface area contributed by atoms with Crippen molar-refractivity contribution >= 4 is 10.1 Å². The summed E-state index contributed by atoms with van der Waals surface area (Å²) in [5, 5.41) is 0. The molecule has 1 N–H and O–H groups in total. The van der Waals surface area contributed by atoms with Crippen LogP contribution in [0.25, 0.3) is 0 Å². The van der Waals surface area contributed by atoms with Crippen molar-refractivity contribution in [2.24, 2.45) is 0 Å². The van der Waals surface area contributed by atoms with Crippen molar-refractivity contribution in [3.63, 3.8) is 0 Å². The first kappa shape index (κ1) is 1.57. The molecule has 3 nitrogen and oxygen atoms in total. The second kappa shape index (κ2) is 0.948. The van der Waals surface area contributed by atoms with Crippen LogP contribution in [0, 0.1) is 0 Å². The van der Waals surface area contributed by atoms with E-state index in [1.165, 1.54) is 0 Å². The summed E-state index contributed by atoms with van der Waals surface area (Å²) in [5.74, 6) is 0. The highest BCUT2D eigenvalue weighted by Gasteiger charge is 1.81. The Balaban J connectivity index is 4.53. The van der Waals surface area contributed by atoms with E-state index in [4.69, 9.17) is 8.67 Å². The first-order valence-electron chi connectivity index (χ1n) is 2.22. The van der Waals surface area contributed by atoms with Crippen LogP contribution in [-0.2, 0) is 10.1 Å². The minimum atomic E-state index is -4.84. The minimum Gasteiger partial charge on any atom is -0.286 e. The quantitative estimate of drug-likeness (QED) is 0.330. The van der Waals surface area contributed by atoms with E-state index < -0.39 is 16.3 Å². The van der Waals surface area contributed by atoms with Crippen LogP contribution in [0.1, 0.15) is 4.11 Å². The molecule has 5 heavy (non-hydrogen) atoms. The lowest BCUT2D eigenvalue weighted by atomic mass is 12.9. The monoisotopic (exact) mass is 100 g/mol. The highest BCUT2D eigenvalue weighted by atomic mass is 32.2. The maximum Gasteiger partial charge on any atom is 0.261 e. The molecule has 0 amide bonds. The number of hydrogen-bond donors (Lipinski definition) is 1. The zero-order valence-corrected chi connectivity index (χ0v) is 2.99. The Hall–Kier alpha value is -0.0900. The van der Waals surface area contributed by atoms with Gasteiger partial charge in [-0.25, -0.2) is 0 Å². The van der Waals surface area contributed by atoms with E-state index in [2.05, 4.69) is 0 Å². The molecular weight excluding hydrogens is 93.1 g/mol. The Morgan fingerprint density at radius 3 is 2.20 bits per heavy atom. The molecule has 0 fully saturated rings. The lowest BCUT2D eigenvalue weighted by Gasteiger charge is -1.69. The summed E-state index contributed by atoms with van der Waals surface area (Å²) in [6, 6.07) is 0. The molecule has 0 aromatic rings. The van der Waals surface area contributed by atoms with Crippen molar-refractivity contribution in [1.82, 2.24) is 0 Å². The van der Waals surface area contributed by atoms with Gasteiger partial charge in [-0.05, 0) is 0 Å². The summed E-state index contributed by atoms with van der Waals surface area (Å²) in [5.41, 5.74) is 0. The van der Waals surface area contributed by atoms with E-state index in [0.29, 0.717) is 0 Å². The van der Waals surface area contributed by atoms with Crippen molar-refractivity contribution in [1.29, 1.82) is 0 Å². The zero-order valence-electron chi connectivity index (χ0n) is 5.17.